The Hall–Kier alpha value is -8.00. The number of hydrogen-bond donors (Lipinski definition) is 1. The van der Waals surface area contributed by atoms with E-state index < -0.39 is 150 Å². The van der Waals surface area contributed by atoms with E-state index in [1.165, 1.54) is 18.3 Å². The molecule has 0 atom stereocenters. The number of benzene rings is 6. The number of halogens is 20. The molecule has 0 fully saturated rings. The Morgan fingerprint density at radius 3 is 1.13 bits per heavy atom. The maximum absolute atomic E-state index is 15.4. The summed E-state index contributed by atoms with van der Waals surface area (Å²) in [5.74, 6) is -71.8. The summed E-state index contributed by atoms with van der Waals surface area (Å²) in [6, 6.07) is 15.1. The normalized spacial score (nSPS) is 11.4. The molecule has 1 N–H and O–H groups in total. The molecule has 1 aromatic heterocycles. The van der Waals surface area contributed by atoms with Crippen LogP contribution in [0.1, 0.15) is 20.7 Å². The SMILES string of the molecule is Fc1c(F)c(F)c([B-](c2c(F)c(F)c(F)c(F)c2F)(c2c(F)c(F)c(F)c(F)c2F)c2c(F)c(F)c(F)c(F)c2F)c(F)c1F.O=C(O)c1cccc(Oc2c[n+](CC(=O)c3ccccc3)ccn2)c1. The number of hydrogen-bond acceptors (Lipinski definition) is 4. The summed E-state index contributed by atoms with van der Waals surface area (Å²) < 4.78 is 301. The molecule has 0 saturated heterocycles. The third-order valence-corrected chi connectivity index (χ3v) is 10.2. The average molecular weight is 1010 g/mol. The molecule has 364 valence electrons. The third-order valence-electron chi connectivity index (χ3n) is 10.2. The van der Waals surface area contributed by atoms with Crippen LogP contribution in [0.25, 0.3) is 0 Å². The number of ketones is 1. The molecule has 0 bridgehead atoms. The van der Waals surface area contributed by atoms with E-state index in [1.54, 1.807) is 41.2 Å². The van der Waals surface area contributed by atoms with Gasteiger partial charge in [0.1, 0.15) is 58.4 Å². The summed E-state index contributed by atoms with van der Waals surface area (Å²) in [6.07, 6.45) is -2.43. The van der Waals surface area contributed by atoms with Crippen molar-refractivity contribution in [1.82, 2.24) is 4.98 Å². The lowest BCUT2D eigenvalue weighted by atomic mass is 9.12. The highest BCUT2D eigenvalue weighted by atomic mass is 19.2. The maximum atomic E-state index is 15.4. The van der Waals surface area contributed by atoms with Gasteiger partial charge in [-0.05, 0) is 18.2 Å². The minimum Gasteiger partial charge on any atom is -0.478 e. The first-order valence-corrected chi connectivity index (χ1v) is 18.5. The van der Waals surface area contributed by atoms with Crippen LogP contribution in [0.4, 0.5) is 87.8 Å². The van der Waals surface area contributed by atoms with Crippen LogP contribution in [0.15, 0.2) is 73.2 Å². The van der Waals surface area contributed by atoms with E-state index in [9.17, 15) is 62.3 Å². The second kappa shape index (κ2) is 19.5. The summed E-state index contributed by atoms with van der Waals surface area (Å²) in [5.41, 5.74) is -13.6. The molecule has 0 aliphatic carbocycles. The van der Waals surface area contributed by atoms with Crippen molar-refractivity contribution < 1.29 is 112 Å². The first kappa shape index (κ1) is 51.4. The fourth-order valence-corrected chi connectivity index (χ4v) is 7.13. The Morgan fingerprint density at radius 2 is 0.786 bits per heavy atom. The van der Waals surface area contributed by atoms with Crippen molar-refractivity contribution in [3.63, 3.8) is 0 Å². The van der Waals surface area contributed by atoms with Crippen LogP contribution in [0, 0.1) is 116 Å². The highest BCUT2D eigenvalue weighted by Crippen LogP contribution is 2.31. The molecule has 0 amide bonds. The van der Waals surface area contributed by atoms with Crippen LogP contribution in [0.2, 0.25) is 0 Å². The standard InChI is InChI=1S/C24BF20.C19H14N2O4/c26-5-1(6(27)14(35)21(42)13(5)34)25(2-7(28)15(36)22(43)16(37)8(2)29,3-9(30)17(38)23(44)18(39)10(3)31)4-11(32)19(40)24(45)20(41)12(4)33;22-17(14-5-2-1-3-6-14)12-21-10-9-20-18(13-21)25-16-8-4-7-15(11-16)19(23)24/h;1-11,13H,12H2/q-1;/p+1. The summed E-state index contributed by atoms with van der Waals surface area (Å²) in [5, 5.41) is 9.01. The number of carbonyl (C=O) groups excluding carboxylic acids is 1. The molecule has 7 rings (SSSR count). The molecule has 27 heteroatoms. The third kappa shape index (κ3) is 8.58. The predicted molar refractivity (Wildman–Crippen MR) is 198 cm³/mol. The molecule has 6 aromatic carbocycles. The van der Waals surface area contributed by atoms with E-state index in [2.05, 4.69) is 4.98 Å². The van der Waals surface area contributed by atoms with E-state index >= 15 is 35.1 Å². The van der Waals surface area contributed by atoms with Gasteiger partial charge in [0.25, 0.3) is 5.88 Å². The van der Waals surface area contributed by atoms with Crippen LogP contribution >= 0.6 is 0 Å². The average Bonchev–Trinajstić information content (AvgIpc) is 3.34. The minimum atomic E-state index is -7.22. The van der Waals surface area contributed by atoms with Gasteiger partial charge in [0, 0.05) is 5.56 Å². The van der Waals surface area contributed by atoms with Crippen LogP contribution in [-0.4, -0.2) is 28.0 Å². The summed E-state index contributed by atoms with van der Waals surface area (Å²) in [6.45, 7) is 0.151. The van der Waals surface area contributed by atoms with Gasteiger partial charge in [-0.3, -0.25) is 4.79 Å². The molecular weight excluding hydrogens is 999 g/mol. The lowest BCUT2D eigenvalue weighted by molar-refractivity contribution is -0.683. The van der Waals surface area contributed by atoms with E-state index in [1.807, 2.05) is 18.2 Å². The van der Waals surface area contributed by atoms with Gasteiger partial charge in [-0.25, -0.2) is 97.6 Å². The smallest absolute Gasteiger partial charge is 0.335 e. The van der Waals surface area contributed by atoms with Crippen LogP contribution in [0.5, 0.6) is 11.6 Å². The van der Waals surface area contributed by atoms with Crippen molar-refractivity contribution in [2.24, 2.45) is 0 Å². The van der Waals surface area contributed by atoms with Crippen molar-refractivity contribution in [3.8, 4) is 11.6 Å². The molecule has 0 aliphatic rings. The first-order valence-electron chi connectivity index (χ1n) is 18.5. The van der Waals surface area contributed by atoms with Crippen LogP contribution < -0.4 is 31.2 Å². The molecule has 7 aromatic rings. The Kier molecular flexibility index (Phi) is 14.4. The zero-order valence-corrected chi connectivity index (χ0v) is 33.3. The summed E-state index contributed by atoms with van der Waals surface area (Å²) in [4.78, 5) is 27.3. The highest BCUT2D eigenvalue weighted by Gasteiger charge is 2.52. The van der Waals surface area contributed by atoms with E-state index in [4.69, 9.17) is 9.84 Å². The Morgan fingerprint density at radius 1 is 0.457 bits per heavy atom. The Balaban J connectivity index is 0.000000270. The van der Waals surface area contributed by atoms with Gasteiger partial charge in [0.05, 0.1) is 11.8 Å². The largest absolute Gasteiger partial charge is 0.478 e. The Bertz CT molecular complexity index is 2910. The van der Waals surface area contributed by atoms with Crippen LogP contribution in [-0.2, 0) is 6.54 Å². The van der Waals surface area contributed by atoms with Crippen LogP contribution in [0.3, 0.4) is 0 Å². The second-order valence-electron chi connectivity index (χ2n) is 14.1. The maximum Gasteiger partial charge on any atom is 0.335 e. The molecule has 70 heavy (non-hydrogen) atoms. The zero-order chi connectivity index (χ0) is 52.0. The molecule has 0 unspecified atom stereocenters. The number of aromatic nitrogens is 2. The number of nitrogens with zero attached hydrogens (tertiary/aromatic N) is 2. The number of ether oxygens (including phenoxy) is 1. The van der Waals surface area contributed by atoms with Gasteiger partial charge < -0.3 is 9.84 Å². The number of Topliss-reactive ketones (excluding diaryl/α,β-unsaturated/α-hetero) is 1. The van der Waals surface area contributed by atoms with Crippen molar-refractivity contribution >= 4 is 39.7 Å². The van der Waals surface area contributed by atoms with E-state index in [-0.39, 0.29) is 23.8 Å². The molecule has 0 saturated carbocycles. The molecular formula is C43H15BF20N2O4. The van der Waals surface area contributed by atoms with Gasteiger partial charge in [-0.15, -0.1) is 21.9 Å². The monoisotopic (exact) mass is 1010 g/mol. The molecule has 6 nitrogen and oxygen atoms in total. The number of aromatic carboxylic acids is 1. The number of carboxylic acids is 1. The fourth-order valence-electron chi connectivity index (χ4n) is 7.13. The topological polar surface area (TPSA) is 80.4 Å². The van der Waals surface area contributed by atoms with E-state index in [0.29, 0.717) is 11.3 Å². The van der Waals surface area contributed by atoms with Crippen molar-refractivity contribution in [3.05, 3.63) is 201 Å². The van der Waals surface area contributed by atoms with Gasteiger partial charge in [0.2, 0.25) is 18.5 Å². The van der Waals surface area contributed by atoms with Gasteiger partial charge in [0.15, 0.2) is 76.0 Å². The Labute approximate surface area is 375 Å². The highest BCUT2D eigenvalue weighted by molar-refractivity contribution is 7.20. The number of carbonyl (C=O) groups is 2. The number of rotatable bonds is 10. The van der Waals surface area contributed by atoms with Gasteiger partial charge >= 0.3 is 5.97 Å². The predicted octanol–water partition coefficient (Wildman–Crippen LogP) is 8.59. The van der Waals surface area contributed by atoms with Gasteiger partial charge in [-0.2, -0.15) is 4.57 Å². The number of carboxylic acid groups (broad SMARTS) is 1. The summed E-state index contributed by atoms with van der Waals surface area (Å²) >= 11 is 0. The molecule has 0 aliphatic heterocycles. The zero-order valence-electron chi connectivity index (χ0n) is 33.3. The second-order valence-corrected chi connectivity index (χ2v) is 14.1. The summed E-state index contributed by atoms with van der Waals surface area (Å²) in [7, 11) is 0. The molecule has 0 spiro atoms. The van der Waals surface area contributed by atoms with Crippen molar-refractivity contribution in [1.29, 1.82) is 0 Å². The lowest BCUT2D eigenvalue weighted by Crippen LogP contribution is -2.81. The molecule has 0 radical (unpaired) electrons. The molecule has 1 heterocycles. The first-order chi connectivity index (χ1) is 32.8. The van der Waals surface area contributed by atoms with Gasteiger partial charge in [-0.1, -0.05) is 36.4 Å². The minimum absolute atomic E-state index is 0.0318. The van der Waals surface area contributed by atoms with Crippen molar-refractivity contribution in [2.75, 3.05) is 0 Å². The lowest BCUT2D eigenvalue weighted by Gasteiger charge is -2.44. The quantitative estimate of drug-likeness (QED) is 0.0371. The van der Waals surface area contributed by atoms with E-state index in [0.717, 1.165) is 0 Å². The van der Waals surface area contributed by atoms with Crippen molar-refractivity contribution in [2.45, 2.75) is 6.54 Å². The fraction of sp³-hybridized carbons (Fsp3) is 0.0233.